The van der Waals surface area contributed by atoms with Crippen LogP contribution in [0.4, 0.5) is 16.2 Å². The van der Waals surface area contributed by atoms with E-state index < -0.39 is 0 Å². The highest BCUT2D eigenvalue weighted by molar-refractivity contribution is 5.42. The van der Waals surface area contributed by atoms with Gasteiger partial charge in [0.05, 0.1) is 0 Å². The van der Waals surface area contributed by atoms with Crippen molar-refractivity contribution >= 4 is 11.8 Å². The molecule has 2 aromatic carbocycles. The van der Waals surface area contributed by atoms with E-state index in [1.54, 1.807) is 12.1 Å². The second kappa shape index (κ2) is 8.94. The number of aromatic nitrogens is 2. The van der Waals surface area contributed by atoms with Gasteiger partial charge in [0.1, 0.15) is 11.6 Å². The summed E-state index contributed by atoms with van der Waals surface area (Å²) in [5, 5.41) is 6.52. The van der Waals surface area contributed by atoms with Gasteiger partial charge in [-0.3, -0.25) is 0 Å². The molecule has 134 valence electrons. The number of nitrogens with one attached hydrogen (secondary N) is 2. The molecule has 26 heavy (non-hydrogen) atoms. The molecule has 0 saturated heterocycles. The van der Waals surface area contributed by atoms with Crippen molar-refractivity contribution in [2.45, 2.75) is 19.8 Å². The van der Waals surface area contributed by atoms with Crippen molar-refractivity contribution < 1.29 is 4.39 Å². The standard InChI is InChI=1S/C21H23FN4/c1-16-15-20(23-13-11-17-7-3-2-4-8-17)26-21(25-16)24-14-12-18-9-5-6-10-19(18)22/h2-10,15H,11-14H2,1H3,(H2,23,24,25,26). The van der Waals surface area contributed by atoms with Gasteiger partial charge >= 0.3 is 0 Å². The van der Waals surface area contributed by atoms with E-state index >= 15 is 0 Å². The predicted molar refractivity (Wildman–Crippen MR) is 104 cm³/mol. The molecule has 3 aromatic rings. The van der Waals surface area contributed by atoms with Crippen LogP contribution in [-0.4, -0.2) is 23.1 Å². The molecule has 0 saturated carbocycles. The Kier molecular flexibility index (Phi) is 6.14. The number of benzene rings is 2. The molecule has 0 aliphatic carbocycles. The van der Waals surface area contributed by atoms with Gasteiger partial charge in [-0.1, -0.05) is 48.5 Å². The first-order chi connectivity index (χ1) is 12.7. The molecule has 0 unspecified atom stereocenters. The molecule has 0 amide bonds. The van der Waals surface area contributed by atoms with Crippen molar-refractivity contribution in [3.8, 4) is 0 Å². The van der Waals surface area contributed by atoms with Crippen molar-refractivity contribution in [2.24, 2.45) is 0 Å². The summed E-state index contributed by atoms with van der Waals surface area (Å²) in [6.07, 6.45) is 1.51. The Bertz CT molecular complexity index is 836. The van der Waals surface area contributed by atoms with E-state index in [1.807, 2.05) is 37.3 Å². The van der Waals surface area contributed by atoms with Crippen LogP contribution in [0.15, 0.2) is 60.7 Å². The third kappa shape index (κ3) is 5.28. The molecule has 1 heterocycles. The average molecular weight is 350 g/mol. The molecule has 0 aliphatic rings. The molecule has 1 aromatic heterocycles. The molecule has 0 fully saturated rings. The minimum absolute atomic E-state index is 0.178. The minimum Gasteiger partial charge on any atom is -0.370 e. The van der Waals surface area contributed by atoms with Gasteiger partial charge in [-0.25, -0.2) is 9.37 Å². The maximum absolute atomic E-state index is 13.7. The monoisotopic (exact) mass is 350 g/mol. The zero-order chi connectivity index (χ0) is 18.2. The van der Waals surface area contributed by atoms with E-state index in [0.717, 1.165) is 24.5 Å². The van der Waals surface area contributed by atoms with Crippen LogP contribution in [0.5, 0.6) is 0 Å². The number of halogens is 1. The lowest BCUT2D eigenvalue weighted by molar-refractivity contribution is 0.610. The Hall–Kier alpha value is -2.95. The van der Waals surface area contributed by atoms with Gasteiger partial charge in [-0.15, -0.1) is 0 Å². The van der Waals surface area contributed by atoms with Crippen LogP contribution in [0.3, 0.4) is 0 Å². The average Bonchev–Trinajstić information content (AvgIpc) is 2.64. The fourth-order valence-corrected chi connectivity index (χ4v) is 2.73. The lowest BCUT2D eigenvalue weighted by Crippen LogP contribution is -2.12. The van der Waals surface area contributed by atoms with E-state index in [4.69, 9.17) is 0 Å². The Morgan fingerprint density at radius 3 is 2.38 bits per heavy atom. The van der Waals surface area contributed by atoms with E-state index in [1.165, 1.54) is 11.6 Å². The third-order valence-corrected chi connectivity index (χ3v) is 4.05. The topological polar surface area (TPSA) is 49.8 Å². The summed E-state index contributed by atoms with van der Waals surface area (Å²) in [6.45, 7) is 3.31. The molecule has 3 rings (SSSR count). The van der Waals surface area contributed by atoms with Crippen molar-refractivity contribution in [3.05, 3.63) is 83.3 Å². The molecule has 2 N–H and O–H groups in total. The summed E-state index contributed by atoms with van der Waals surface area (Å²) in [4.78, 5) is 8.89. The van der Waals surface area contributed by atoms with Crippen LogP contribution < -0.4 is 10.6 Å². The van der Waals surface area contributed by atoms with Gasteiger partial charge in [0.25, 0.3) is 0 Å². The first kappa shape index (κ1) is 17.9. The number of anilines is 2. The van der Waals surface area contributed by atoms with Gasteiger partial charge < -0.3 is 10.6 Å². The van der Waals surface area contributed by atoms with Crippen LogP contribution >= 0.6 is 0 Å². The van der Waals surface area contributed by atoms with Crippen molar-refractivity contribution in [1.29, 1.82) is 0 Å². The number of hydrogen-bond donors (Lipinski definition) is 2. The van der Waals surface area contributed by atoms with Gasteiger partial charge in [-0.05, 0) is 37.0 Å². The fourth-order valence-electron chi connectivity index (χ4n) is 2.73. The molecule has 5 heteroatoms. The largest absolute Gasteiger partial charge is 0.370 e. The molecule has 0 atom stereocenters. The minimum atomic E-state index is -0.178. The predicted octanol–water partition coefficient (Wildman–Crippen LogP) is 4.23. The Morgan fingerprint density at radius 2 is 1.58 bits per heavy atom. The summed E-state index contributed by atoms with van der Waals surface area (Å²) < 4.78 is 13.7. The van der Waals surface area contributed by atoms with Gasteiger partial charge in [0, 0.05) is 24.8 Å². The highest BCUT2D eigenvalue weighted by Gasteiger charge is 2.04. The SMILES string of the molecule is Cc1cc(NCCc2ccccc2)nc(NCCc2ccccc2F)n1. The van der Waals surface area contributed by atoms with Crippen LogP contribution in [-0.2, 0) is 12.8 Å². The Balaban J connectivity index is 1.53. The summed E-state index contributed by atoms with van der Waals surface area (Å²) in [7, 11) is 0. The molecular formula is C21H23FN4. The molecule has 0 aliphatic heterocycles. The lowest BCUT2D eigenvalue weighted by Gasteiger charge is -2.10. The molecule has 4 nitrogen and oxygen atoms in total. The summed E-state index contributed by atoms with van der Waals surface area (Å²) in [5.74, 6) is 1.17. The number of nitrogens with zero attached hydrogens (tertiary/aromatic N) is 2. The zero-order valence-electron chi connectivity index (χ0n) is 14.9. The summed E-state index contributed by atoms with van der Waals surface area (Å²) in [5.41, 5.74) is 2.86. The normalized spacial score (nSPS) is 10.5. The smallest absolute Gasteiger partial charge is 0.224 e. The van der Waals surface area contributed by atoms with E-state index in [9.17, 15) is 4.39 Å². The number of aryl methyl sites for hydroxylation is 1. The third-order valence-electron chi connectivity index (χ3n) is 4.05. The molecule has 0 bridgehead atoms. The first-order valence-electron chi connectivity index (χ1n) is 8.81. The highest BCUT2D eigenvalue weighted by atomic mass is 19.1. The summed E-state index contributed by atoms with van der Waals surface area (Å²) >= 11 is 0. The molecule has 0 spiro atoms. The molecular weight excluding hydrogens is 327 g/mol. The summed E-state index contributed by atoms with van der Waals surface area (Å²) in [6, 6.07) is 19.1. The quantitative estimate of drug-likeness (QED) is 0.638. The van der Waals surface area contributed by atoms with Crippen LogP contribution in [0, 0.1) is 12.7 Å². The van der Waals surface area contributed by atoms with Gasteiger partial charge in [0.2, 0.25) is 5.95 Å². The second-order valence-electron chi connectivity index (χ2n) is 6.15. The van der Waals surface area contributed by atoms with Crippen molar-refractivity contribution in [2.75, 3.05) is 23.7 Å². The van der Waals surface area contributed by atoms with Crippen molar-refractivity contribution in [3.63, 3.8) is 0 Å². The first-order valence-corrected chi connectivity index (χ1v) is 8.81. The van der Waals surface area contributed by atoms with Crippen LogP contribution in [0.25, 0.3) is 0 Å². The second-order valence-corrected chi connectivity index (χ2v) is 6.15. The van der Waals surface area contributed by atoms with E-state index in [2.05, 4.69) is 32.7 Å². The maximum Gasteiger partial charge on any atom is 0.224 e. The van der Waals surface area contributed by atoms with Gasteiger partial charge in [0.15, 0.2) is 0 Å². The van der Waals surface area contributed by atoms with Crippen LogP contribution in [0.1, 0.15) is 16.8 Å². The fraction of sp³-hybridized carbons (Fsp3) is 0.238. The lowest BCUT2D eigenvalue weighted by atomic mass is 10.1. The zero-order valence-corrected chi connectivity index (χ0v) is 14.9. The highest BCUT2D eigenvalue weighted by Crippen LogP contribution is 2.11. The van der Waals surface area contributed by atoms with E-state index in [0.29, 0.717) is 24.5 Å². The van der Waals surface area contributed by atoms with Gasteiger partial charge in [-0.2, -0.15) is 4.98 Å². The number of rotatable bonds is 8. The maximum atomic E-state index is 13.7. The number of hydrogen-bond acceptors (Lipinski definition) is 4. The van der Waals surface area contributed by atoms with Crippen molar-refractivity contribution in [1.82, 2.24) is 9.97 Å². The van der Waals surface area contributed by atoms with Crippen LogP contribution in [0.2, 0.25) is 0 Å². The molecule has 0 radical (unpaired) electrons. The van der Waals surface area contributed by atoms with E-state index in [-0.39, 0.29) is 5.82 Å². The Morgan fingerprint density at radius 1 is 0.846 bits per heavy atom. The Labute approximate surface area is 153 Å².